The lowest BCUT2D eigenvalue weighted by atomic mass is 9.96. The van der Waals surface area contributed by atoms with E-state index in [1.54, 1.807) is 0 Å². The van der Waals surface area contributed by atoms with Gasteiger partial charge in [0.1, 0.15) is 0 Å². The fraction of sp³-hybridized carbons (Fsp3) is 0.348. The summed E-state index contributed by atoms with van der Waals surface area (Å²) in [7, 11) is 0. The number of amides is 1. The number of rotatable bonds is 8. The lowest BCUT2D eigenvalue weighted by Crippen LogP contribution is -2.21. The molecule has 7 heteroatoms. The molecule has 1 aliphatic rings. The largest absolute Gasteiger partial charge is 0.357 e. The van der Waals surface area contributed by atoms with E-state index >= 15 is 0 Å². The molecule has 3 aromatic rings. The second kappa shape index (κ2) is 10.6. The van der Waals surface area contributed by atoms with E-state index in [0.29, 0.717) is 11.8 Å². The molecule has 1 heterocycles. The third-order valence-corrected chi connectivity index (χ3v) is 7.18. The molecule has 0 atom stereocenters. The minimum absolute atomic E-state index is 0.0301. The first kappa shape index (κ1) is 20.9. The first-order chi connectivity index (χ1) is 14.8. The summed E-state index contributed by atoms with van der Waals surface area (Å²) in [6.45, 7) is 0. The zero-order chi connectivity index (χ0) is 20.6. The maximum Gasteiger partial charge on any atom is 0.234 e. The number of nitrogens with one attached hydrogen (secondary N) is 2. The number of nitrogens with zero attached hydrogens (tertiary/aromatic N) is 2. The maximum absolute atomic E-state index is 12.5. The van der Waals surface area contributed by atoms with Gasteiger partial charge in [0.25, 0.3) is 0 Å². The van der Waals surface area contributed by atoms with Gasteiger partial charge in [0, 0.05) is 11.7 Å². The van der Waals surface area contributed by atoms with Crippen molar-refractivity contribution in [3.63, 3.8) is 0 Å². The monoisotopic (exact) mass is 438 g/mol. The number of carbonyl (C=O) groups is 1. The molecule has 0 radical (unpaired) electrons. The summed E-state index contributed by atoms with van der Waals surface area (Å²) in [4.78, 5) is 12.5. The van der Waals surface area contributed by atoms with Crippen LogP contribution in [0.15, 0.2) is 58.9 Å². The molecule has 0 bridgehead atoms. The van der Waals surface area contributed by atoms with E-state index in [0.717, 1.165) is 27.1 Å². The lowest BCUT2D eigenvalue weighted by molar-refractivity contribution is -0.113. The van der Waals surface area contributed by atoms with Crippen LogP contribution in [0.25, 0.3) is 0 Å². The molecular weight excluding hydrogens is 412 g/mol. The number of hydrogen-bond donors (Lipinski definition) is 2. The van der Waals surface area contributed by atoms with Crippen LogP contribution in [0, 0.1) is 0 Å². The minimum Gasteiger partial charge on any atom is -0.357 e. The van der Waals surface area contributed by atoms with Crippen LogP contribution in [-0.4, -0.2) is 27.9 Å². The molecule has 5 nitrogen and oxygen atoms in total. The van der Waals surface area contributed by atoms with Gasteiger partial charge >= 0.3 is 0 Å². The lowest BCUT2D eigenvalue weighted by Gasteiger charge is -2.21. The number of benzene rings is 2. The highest BCUT2D eigenvalue weighted by atomic mass is 32.2. The van der Waals surface area contributed by atoms with Gasteiger partial charge in [0.15, 0.2) is 4.34 Å². The van der Waals surface area contributed by atoms with Crippen molar-refractivity contribution in [2.75, 3.05) is 16.4 Å². The smallest absolute Gasteiger partial charge is 0.234 e. The molecule has 156 valence electrons. The number of carbonyl (C=O) groups excluding carboxylic acids is 1. The Morgan fingerprint density at radius 2 is 1.77 bits per heavy atom. The predicted octanol–water partition coefficient (Wildman–Crippen LogP) is 5.60. The van der Waals surface area contributed by atoms with Crippen LogP contribution in [0.1, 0.15) is 43.2 Å². The highest BCUT2D eigenvalue weighted by Gasteiger charge is 2.16. The van der Waals surface area contributed by atoms with Gasteiger partial charge in [-0.15, -0.1) is 10.2 Å². The first-order valence-electron chi connectivity index (χ1n) is 10.4. The topological polar surface area (TPSA) is 66.9 Å². The quantitative estimate of drug-likeness (QED) is 0.448. The Kier molecular flexibility index (Phi) is 7.37. The zero-order valence-electron chi connectivity index (χ0n) is 16.8. The predicted molar refractivity (Wildman–Crippen MR) is 125 cm³/mol. The van der Waals surface area contributed by atoms with Gasteiger partial charge in [-0.1, -0.05) is 90.9 Å². The van der Waals surface area contributed by atoms with Gasteiger partial charge in [-0.3, -0.25) is 4.79 Å². The van der Waals surface area contributed by atoms with Crippen LogP contribution in [0.4, 0.5) is 10.8 Å². The molecule has 2 N–H and O–H groups in total. The van der Waals surface area contributed by atoms with Crippen molar-refractivity contribution in [1.82, 2.24) is 10.2 Å². The van der Waals surface area contributed by atoms with Crippen molar-refractivity contribution in [2.24, 2.45) is 0 Å². The Hall–Kier alpha value is -2.38. The minimum atomic E-state index is -0.0301. The summed E-state index contributed by atoms with van der Waals surface area (Å²) >= 11 is 2.96. The Labute approximate surface area is 185 Å². The van der Waals surface area contributed by atoms with Crippen molar-refractivity contribution in [1.29, 1.82) is 0 Å². The Balaban J connectivity index is 1.29. The van der Waals surface area contributed by atoms with Crippen molar-refractivity contribution in [2.45, 2.75) is 48.9 Å². The van der Waals surface area contributed by atoms with E-state index in [4.69, 9.17) is 0 Å². The van der Waals surface area contributed by atoms with Crippen LogP contribution < -0.4 is 10.6 Å². The number of para-hydroxylation sites is 1. The molecule has 2 aromatic carbocycles. The van der Waals surface area contributed by atoms with E-state index in [1.165, 1.54) is 60.8 Å². The SMILES string of the molecule is O=C(CSc1nnc(NC2CCCCC2)s1)Nc1ccccc1Cc1ccccc1. The highest BCUT2D eigenvalue weighted by Crippen LogP contribution is 2.28. The normalized spacial score (nSPS) is 14.4. The fourth-order valence-electron chi connectivity index (χ4n) is 3.67. The summed E-state index contributed by atoms with van der Waals surface area (Å²) in [5.74, 6) is 0.287. The van der Waals surface area contributed by atoms with Crippen LogP contribution >= 0.6 is 23.1 Å². The summed E-state index contributed by atoms with van der Waals surface area (Å²) < 4.78 is 0.820. The maximum atomic E-state index is 12.5. The molecule has 1 saturated carbocycles. The van der Waals surface area contributed by atoms with Crippen molar-refractivity contribution in [3.8, 4) is 0 Å². The van der Waals surface area contributed by atoms with Crippen LogP contribution in [0.5, 0.6) is 0 Å². The summed E-state index contributed by atoms with van der Waals surface area (Å²) in [6, 6.07) is 18.8. The highest BCUT2D eigenvalue weighted by molar-refractivity contribution is 8.01. The summed E-state index contributed by atoms with van der Waals surface area (Å²) in [6.07, 6.45) is 7.09. The average Bonchev–Trinajstić information content (AvgIpc) is 3.22. The Morgan fingerprint density at radius 3 is 2.60 bits per heavy atom. The zero-order valence-corrected chi connectivity index (χ0v) is 18.5. The second-order valence-corrected chi connectivity index (χ2v) is 9.71. The standard InChI is InChI=1S/C23H26N4OS2/c28-21(16-29-23-27-26-22(30-23)24-19-12-5-2-6-13-19)25-20-14-8-7-11-18(20)15-17-9-3-1-4-10-17/h1,3-4,7-11,14,19H,2,5-6,12-13,15-16H2,(H,24,26)(H,25,28). The van der Waals surface area contributed by atoms with E-state index in [9.17, 15) is 4.79 Å². The van der Waals surface area contributed by atoms with Gasteiger partial charge < -0.3 is 10.6 Å². The molecule has 0 spiro atoms. The molecule has 0 aliphatic heterocycles. The van der Waals surface area contributed by atoms with Crippen molar-refractivity contribution < 1.29 is 4.79 Å². The molecule has 1 fully saturated rings. The average molecular weight is 439 g/mol. The van der Waals surface area contributed by atoms with Crippen LogP contribution in [0.3, 0.4) is 0 Å². The first-order valence-corrected chi connectivity index (χ1v) is 12.2. The van der Waals surface area contributed by atoms with E-state index in [-0.39, 0.29) is 5.91 Å². The van der Waals surface area contributed by atoms with Gasteiger partial charge in [0.2, 0.25) is 11.0 Å². The number of thioether (sulfide) groups is 1. The van der Waals surface area contributed by atoms with Crippen molar-refractivity contribution >= 4 is 39.8 Å². The molecule has 30 heavy (non-hydrogen) atoms. The van der Waals surface area contributed by atoms with Gasteiger partial charge in [-0.25, -0.2) is 0 Å². The molecule has 4 rings (SSSR count). The molecular formula is C23H26N4OS2. The van der Waals surface area contributed by atoms with Gasteiger partial charge in [-0.05, 0) is 36.5 Å². The number of aromatic nitrogens is 2. The second-order valence-electron chi connectivity index (χ2n) is 7.51. The van der Waals surface area contributed by atoms with Crippen LogP contribution in [0.2, 0.25) is 0 Å². The number of hydrogen-bond acceptors (Lipinski definition) is 6. The summed E-state index contributed by atoms with van der Waals surface area (Å²) in [5, 5.41) is 15.9. The van der Waals surface area contributed by atoms with E-state index in [2.05, 4.69) is 39.0 Å². The van der Waals surface area contributed by atoms with Crippen molar-refractivity contribution in [3.05, 3.63) is 65.7 Å². The third kappa shape index (κ3) is 6.06. The summed E-state index contributed by atoms with van der Waals surface area (Å²) in [5.41, 5.74) is 3.20. The molecule has 1 aliphatic carbocycles. The third-order valence-electron chi connectivity index (χ3n) is 5.19. The fourth-order valence-corrected chi connectivity index (χ4v) is 5.30. The van der Waals surface area contributed by atoms with E-state index in [1.807, 2.05) is 36.4 Å². The molecule has 1 aromatic heterocycles. The molecule has 0 saturated heterocycles. The van der Waals surface area contributed by atoms with Crippen LogP contribution in [-0.2, 0) is 11.2 Å². The Morgan fingerprint density at radius 1 is 1.00 bits per heavy atom. The molecule has 1 amide bonds. The molecule has 0 unspecified atom stereocenters. The van der Waals surface area contributed by atoms with Gasteiger partial charge in [0.05, 0.1) is 5.75 Å². The number of anilines is 2. The van der Waals surface area contributed by atoms with E-state index < -0.39 is 0 Å². The Bertz CT molecular complexity index is 955. The van der Waals surface area contributed by atoms with Gasteiger partial charge in [-0.2, -0.15) is 0 Å².